The minimum Gasteiger partial charge on any atom is -0.508 e. The van der Waals surface area contributed by atoms with Crippen LogP contribution in [0.5, 0.6) is 5.75 Å². The zero-order valence-corrected chi connectivity index (χ0v) is 11.1. The summed E-state index contributed by atoms with van der Waals surface area (Å²) < 4.78 is 0. The highest BCUT2D eigenvalue weighted by Crippen LogP contribution is 2.20. The third kappa shape index (κ3) is 4.36. The van der Waals surface area contributed by atoms with E-state index in [0.717, 1.165) is 11.1 Å². The van der Waals surface area contributed by atoms with Gasteiger partial charge in [0.25, 0.3) is 0 Å². The van der Waals surface area contributed by atoms with Gasteiger partial charge in [-0.05, 0) is 18.4 Å². The first kappa shape index (κ1) is 14.0. The molecule has 0 saturated heterocycles. The Kier molecular flexibility index (Phi) is 4.54. The number of nitrogens with one attached hydrogen (secondary N) is 1. The van der Waals surface area contributed by atoms with Crippen LogP contribution >= 0.6 is 0 Å². The molecule has 3 nitrogen and oxygen atoms in total. The van der Waals surface area contributed by atoms with Gasteiger partial charge < -0.3 is 15.5 Å². The van der Waals surface area contributed by atoms with E-state index in [2.05, 4.69) is 5.32 Å². The number of hydrogen-bond acceptors (Lipinski definition) is 3. The van der Waals surface area contributed by atoms with Gasteiger partial charge in [-0.1, -0.05) is 38.5 Å². The van der Waals surface area contributed by atoms with Crippen molar-refractivity contribution in [1.82, 2.24) is 5.32 Å². The van der Waals surface area contributed by atoms with Crippen molar-refractivity contribution >= 4 is 0 Å². The van der Waals surface area contributed by atoms with Crippen LogP contribution < -0.4 is 5.32 Å². The smallest absolute Gasteiger partial charge is 0.120 e. The molecule has 3 N–H and O–H groups in total. The number of benzene rings is 1. The van der Waals surface area contributed by atoms with E-state index in [-0.39, 0.29) is 5.41 Å². The minimum atomic E-state index is -0.394. The van der Waals surface area contributed by atoms with Crippen LogP contribution in [-0.2, 0) is 6.54 Å². The van der Waals surface area contributed by atoms with Gasteiger partial charge in [0.15, 0.2) is 0 Å². The SMILES string of the molecule is Cc1ccc(O)c(CNCC(O)C(C)(C)C)c1. The number of aliphatic hydroxyl groups is 1. The van der Waals surface area contributed by atoms with Crippen molar-refractivity contribution in [3.8, 4) is 5.75 Å². The number of hydrogen-bond donors (Lipinski definition) is 3. The molecule has 0 heterocycles. The Labute approximate surface area is 103 Å². The van der Waals surface area contributed by atoms with Gasteiger partial charge in [0.2, 0.25) is 0 Å². The molecule has 1 unspecified atom stereocenters. The average Bonchev–Trinajstić information content (AvgIpc) is 2.21. The molecule has 1 rings (SSSR count). The fourth-order valence-electron chi connectivity index (χ4n) is 1.51. The lowest BCUT2D eigenvalue weighted by molar-refractivity contribution is 0.0627. The average molecular weight is 237 g/mol. The zero-order valence-electron chi connectivity index (χ0n) is 11.1. The summed E-state index contributed by atoms with van der Waals surface area (Å²) in [5, 5.41) is 22.7. The highest BCUT2D eigenvalue weighted by molar-refractivity contribution is 5.35. The molecule has 0 amide bonds. The highest BCUT2D eigenvalue weighted by atomic mass is 16.3. The van der Waals surface area contributed by atoms with Gasteiger partial charge in [0, 0.05) is 18.7 Å². The maximum Gasteiger partial charge on any atom is 0.120 e. The van der Waals surface area contributed by atoms with Gasteiger partial charge in [-0.2, -0.15) is 0 Å². The molecule has 1 aromatic carbocycles. The molecule has 0 aliphatic carbocycles. The number of aromatic hydroxyl groups is 1. The molecule has 3 heteroatoms. The Balaban J connectivity index is 2.49. The summed E-state index contributed by atoms with van der Waals surface area (Å²) in [6.45, 7) is 9.10. The maximum atomic E-state index is 9.86. The van der Waals surface area contributed by atoms with Crippen molar-refractivity contribution in [2.45, 2.75) is 40.3 Å². The van der Waals surface area contributed by atoms with Crippen LogP contribution in [0.25, 0.3) is 0 Å². The van der Waals surface area contributed by atoms with Gasteiger partial charge in [0.1, 0.15) is 5.75 Å². The van der Waals surface area contributed by atoms with Gasteiger partial charge in [-0.15, -0.1) is 0 Å². The number of phenols is 1. The maximum absolute atomic E-state index is 9.86. The lowest BCUT2D eigenvalue weighted by atomic mass is 9.89. The van der Waals surface area contributed by atoms with Gasteiger partial charge >= 0.3 is 0 Å². The summed E-state index contributed by atoms with van der Waals surface area (Å²) in [5.41, 5.74) is 1.86. The van der Waals surface area contributed by atoms with Crippen LogP contribution in [0.1, 0.15) is 31.9 Å². The molecular weight excluding hydrogens is 214 g/mol. The van der Waals surface area contributed by atoms with Gasteiger partial charge in [-0.25, -0.2) is 0 Å². The molecule has 1 atom stereocenters. The van der Waals surface area contributed by atoms with Crippen molar-refractivity contribution in [2.75, 3.05) is 6.54 Å². The normalized spacial score (nSPS) is 13.7. The molecule has 0 spiro atoms. The third-order valence-electron chi connectivity index (χ3n) is 2.89. The Morgan fingerprint density at radius 1 is 1.29 bits per heavy atom. The summed E-state index contributed by atoms with van der Waals surface area (Å²) in [6, 6.07) is 5.53. The van der Waals surface area contributed by atoms with Crippen LogP contribution in [0.2, 0.25) is 0 Å². The Morgan fingerprint density at radius 2 is 1.94 bits per heavy atom. The van der Waals surface area contributed by atoms with Gasteiger partial charge in [0.05, 0.1) is 6.10 Å². The van der Waals surface area contributed by atoms with Crippen LogP contribution in [0.3, 0.4) is 0 Å². The predicted octanol–water partition coefficient (Wildman–Crippen LogP) is 2.20. The molecule has 0 saturated carbocycles. The lowest BCUT2D eigenvalue weighted by Crippen LogP contribution is -2.36. The van der Waals surface area contributed by atoms with E-state index in [1.807, 2.05) is 39.8 Å². The van der Waals surface area contributed by atoms with E-state index < -0.39 is 6.10 Å². The Bertz CT molecular complexity index is 369. The molecule has 17 heavy (non-hydrogen) atoms. The molecular formula is C14H23NO2. The van der Waals surface area contributed by atoms with Crippen LogP contribution in [0, 0.1) is 12.3 Å². The first-order valence-electron chi connectivity index (χ1n) is 5.98. The second-order valence-corrected chi connectivity index (χ2v) is 5.64. The van der Waals surface area contributed by atoms with Crippen molar-refractivity contribution in [1.29, 1.82) is 0 Å². The van der Waals surface area contributed by atoms with Crippen molar-refractivity contribution in [3.05, 3.63) is 29.3 Å². The fraction of sp³-hybridized carbons (Fsp3) is 0.571. The van der Waals surface area contributed by atoms with Crippen LogP contribution in [0.4, 0.5) is 0 Å². The first-order valence-corrected chi connectivity index (χ1v) is 5.98. The van der Waals surface area contributed by atoms with E-state index in [9.17, 15) is 10.2 Å². The molecule has 0 radical (unpaired) electrons. The standard InChI is InChI=1S/C14H23NO2/c1-10-5-6-12(16)11(7-10)8-15-9-13(17)14(2,3)4/h5-7,13,15-17H,8-9H2,1-4H3. The second-order valence-electron chi connectivity index (χ2n) is 5.64. The molecule has 0 bridgehead atoms. The van der Waals surface area contributed by atoms with Gasteiger partial charge in [-0.3, -0.25) is 0 Å². The van der Waals surface area contributed by atoms with E-state index in [0.29, 0.717) is 18.8 Å². The number of aliphatic hydroxyl groups excluding tert-OH is 1. The number of phenolic OH excluding ortho intramolecular Hbond substituents is 1. The van der Waals surface area contributed by atoms with E-state index in [1.54, 1.807) is 6.07 Å². The molecule has 96 valence electrons. The minimum absolute atomic E-state index is 0.123. The summed E-state index contributed by atoms with van der Waals surface area (Å²) in [4.78, 5) is 0. The topological polar surface area (TPSA) is 52.5 Å². The highest BCUT2D eigenvalue weighted by Gasteiger charge is 2.21. The summed E-state index contributed by atoms with van der Waals surface area (Å²) in [5.74, 6) is 0.299. The molecule has 0 aliphatic rings. The largest absolute Gasteiger partial charge is 0.508 e. The van der Waals surface area contributed by atoms with Crippen molar-refractivity contribution in [2.24, 2.45) is 5.41 Å². The third-order valence-corrected chi connectivity index (χ3v) is 2.89. The van der Waals surface area contributed by atoms with E-state index in [1.165, 1.54) is 0 Å². The Morgan fingerprint density at radius 3 is 2.53 bits per heavy atom. The fourth-order valence-corrected chi connectivity index (χ4v) is 1.51. The molecule has 1 aromatic rings. The zero-order chi connectivity index (χ0) is 13.1. The summed E-state index contributed by atoms with van der Waals surface area (Å²) in [7, 11) is 0. The molecule has 0 aliphatic heterocycles. The van der Waals surface area contributed by atoms with Crippen LogP contribution in [0.15, 0.2) is 18.2 Å². The van der Waals surface area contributed by atoms with Crippen molar-refractivity contribution < 1.29 is 10.2 Å². The number of rotatable bonds is 4. The predicted molar refractivity (Wildman–Crippen MR) is 70.0 cm³/mol. The first-order chi connectivity index (χ1) is 7.80. The number of aryl methyl sites for hydroxylation is 1. The summed E-state index contributed by atoms with van der Waals surface area (Å²) in [6.07, 6.45) is -0.394. The lowest BCUT2D eigenvalue weighted by Gasteiger charge is -2.26. The van der Waals surface area contributed by atoms with Crippen molar-refractivity contribution in [3.63, 3.8) is 0 Å². The monoisotopic (exact) mass is 237 g/mol. The molecule has 0 aromatic heterocycles. The van der Waals surface area contributed by atoms with E-state index in [4.69, 9.17) is 0 Å². The second kappa shape index (κ2) is 5.52. The van der Waals surface area contributed by atoms with E-state index >= 15 is 0 Å². The summed E-state index contributed by atoms with van der Waals surface area (Å²) >= 11 is 0. The quantitative estimate of drug-likeness (QED) is 0.752. The van der Waals surface area contributed by atoms with Crippen LogP contribution in [-0.4, -0.2) is 22.9 Å². The Hall–Kier alpha value is -1.06. The molecule has 0 fully saturated rings.